The molecule has 18 heavy (non-hydrogen) atoms. The number of hydrogen-bond donors (Lipinski definition) is 2. The molecule has 2 atom stereocenters. The van der Waals surface area contributed by atoms with Crippen LogP contribution < -0.4 is 10.2 Å². The lowest BCUT2D eigenvalue weighted by atomic mass is 10.1. The zero-order valence-electron chi connectivity index (χ0n) is 11.6. The molecule has 1 aromatic heterocycles. The smallest absolute Gasteiger partial charge is 0.204 e. The van der Waals surface area contributed by atoms with Crippen molar-refractivity contribution in [3.05, 3.63) is 11.9 Å². The number of nitrogens with one attached hydrogen (secondary N) is 1. The van der Waals surface area contributed by atoms with Crippen molar-refractivity contribution in [1.29, 1.82) is 0 Å². The average molecular weight is 252 g/mol. The van der Waals surface area contributed by atoms with Crippen LogP contribution in [-0.2, 0) is 13.6 Å². The Balaban J connectivity index is 1.94. The van der Waals surface area contributed by atoms with E-state index in [4.69, 9.17) is 0 Å². The van der Waals surface area contributed by atoms with Crippen molar-refractivity contribution >= 4 is 5.95 Å². The van der Waals surface area contributed by atoms with Crippen LogP contribution in [0.2, 0.25) is 0 Å². The summed E-state index contributed by atoms with van der Waals surface area (Å²) in [4.78, 5) is 6.41. The van der Waals surface area contributed by atoms with Gasteiger partial charge in [0.15, 0.2) is 0 Å². The molecular weight excluding hydrogens is 228 g/mol. The van der Waals surface area contributed by atoms with E-state index >= 15 is 0 Å². The van der Waals surface area contributed by atoms with Crippen molar-refractivity contribution < 1.29 is 5.11 Å². The number of rotatable bonds is 5. The van der Waals surface area contributed by atoms with E-state index in [-0.39, 0.29) is 0 Å². The van der Waals surface area contributed by atoms with E-state index in [0.29, 0.717) is 18.6 Å². The van der Waals surface area contributed by atoms with Gasteiger partial charge in [-0.2, -0.15) is 0 Å². The van der Waals surface area contributed by atoms with Crippen molar-refractivity contribution in [2.75, 3.05) is 25.6 Å². The lowest BCUT2D eigenvalue weighted by Crippen LogP contribution is -2.34. The predicted molar refractivity (Wildman–Crippen MR) is 72.6 cm³/mol. The molecule has 1 aromatic rings. The minimum absolute atomic E-state index is 0.298. The number of aliphatic hydroxyl groups is 1. The third-order valence-electron chi connectivity index (χ3n) is 3.90. The van der Waals surface area contributed by atoms with E-state index < -0.39 is 0 Å². The monoisotopic (exact) mass is 252 g/mol. The highest BCUT2D eigenvalue weighted by atomic mass is 16.3. The number of aliphatic hydroxyl groups excluding tert-OH is 1. The van der Waals surface area contributed by atoms with Gasteiger partial charge in [-0.3, -0.25) is 0 Å². The van der Waals surface area contributed by atoms with Gasteiger partial charge < -0.3 is 19.9 Å². The highest BCUT2D eigenvalue weighted by Gasteiger charge is 2.26. The molecule has 1 aliphatic carbocycles. The van der Waals surface area contributed by atoms with E-state index in [9.17, 15) is 5.11 Å². The molecule has 102 valence electrons. The van der Waals surface area contributed by atoms with Crippen molar-refractivity contribution in [1.82, 2.24) is 14.9 Å². The zero-order valence-corrected chi connectivity index (χ0v) is 11.6. The predicted octanol–water partition coefficient (Wildman–Crippen LogP) is 0.737. The van der Waals surface area contributed by atoms with Crippen LogP contribution in [0.1, 0.15) is 25.0 Å². The lowest BCUT2D eigenvalue weighted by molar-refractivity contribution is 0.204. The standard InChI is InChI=1S/C13H24N4O/c1-16(2)13-15-8-11(17(13)3)7-14-12-6-4-5-10(12)9-18/h8,10,12,14,18H,4-7,9H2,1-3H3. The number of anilines is 1. The summed E-state index contributed by atoms with van der Waals surface area (Å²) < 4.78 is 2.11. The Kier molecular flexibility index (Phi) is 4.24. The molecule has 1 aliphatic rings. The molecule has 0 bridgehead atoms. The summed E-state index contributed by atoms with van der Waals surface area (Å²) in [5.41, 5.74) is 1.18. The van der Waals surface area contributed by atoms with Gasteiger partial charge in [0.25, 0.3) is 0 Å². The first-order valence-corrected chi connectivity index (χ1v) is 6.65. The Morgan fingerprint density at radius 1 is 1.50 bits per heavy atom. The summed E-state index contributed by atoms with van der Waals surface area (Å²) in [5, 5.41) is 12.9. The van der Waals surface area contributed by atoms with Crippen LogP contribution in [0.3, 0.4) is 0 Å². The number of hydrogen-bond acceptors (Lipinski definition) is 4. The highest BCUT2D eigenvalue weighted by Crippen LogP contribution is 2.25. The van der Waals surface area contributed by atoms with Gasteiger partial charge in [0, 0.05) is 40.3 Å². The SMILES string of the molecule is CN(C)c1ncc(CNC2CCCC2CO)n1C. The molecule has 0 radical (unpaired) electrons. The van der Waals surface area contributed by atoms with Crippen LogP contribution in [0, 0.1) is 5.92 Å². The number of aromatic nitrogens is 2. The zero-order chi connectivity index (χ0) is 13.1. The van der Waals surface area contributed by atoms with Crippen molar-refractivity contribution in [3.8, 4) is 0 Å². The number of nitrogens with zero attached hydrogens (tertiary/aromatic N) is 3. The third kappa shape index (κ3) is 2.67. The van der Waals surface area contributed by atoms with Crippen LogP contribution in [0.25, 0.3) is 0 Å². The van der Waals surface area contributed by atoms with E-state index in [1.54, 1.807) is 0 Å². The molecule has 2 unspecified atom stereocenters. The first-order valence-electron chi connectivity index (χ1n) is 6.65. The molecule has 1 heterocycles. The summed E-state index contributed by atoms with van der Waals surface area (Å²) in [6.45, 7) is 1.12. The van der Waals surface area contributed by atoms with E-state index in [0.717, 1.165) is 18.9 Å². The van der Waals surface area contributed by atoms with Crippen molar-refractivity contribution in [2.45, 2.75) is 31.8 Å². The summed E-state index contributed by atoms with van der Waals surface area (Å²) in [6.07, 6.45) is 5.45. The van der Waals surface area contributed by atoms with Crippen LogP contribution in [0.5, 0.6) is 0 Å². The van der Waals surface area contributed by atoms with E-state index in [2.05, 4.69) is 14.9 Å². The summed E-state index contributed by atoms with van der Waals surface area (Å²) in [5.74, 6) is 1.39. The Morgan fingerprint density at radius 3 is 2.89 bits per heavy atom. The molecule has 2 rings (SSSR count). The largest absolute Gasteiger partial charge is 0.396 e. The highest BCUT2D eigenvalue weighted by molar-refractivity contribution is 5.30. The quantitative estimate of drug-likeness (QED) is 0.811. The van der Waals surface area contributed by atoms with E-state index in [1.165, 1.54) is 18.5 Å². The summed E-state index contributed by atoms with van der Waals surface area (Å²) >= 11 is 0. The third-order valence-corrected chi connectivity index (χ3v) is 3.90. The normalized spacial score (nSPS) is 23.6. The molecule has 0 amide bonds. The van der Waals surface area contributed by atoms with Gasteiger partial charge in [-0.15, -0.1) is 0 Å². The van der Waals surface area contributed by atoms with Crippen LogP contribution in [0.15, 0.2) is 6.20 Å². The second-order valence-electron chi connectivity index (χ2n) is 5.36. The summed E-state index contributed by atoms with van der Waals surface area (Å²) in [7, 11) is 6.04. The van der Waals surface area contributed by atoms with Gasteiger partial charge in [-0.1, -0.05) is 6.42 Å². The molecule has 5 heteroatoms. The minimum atomic E-state index is 0.298. The molecule has 0 aromatic carbocycles. The maximum Gasteiger partial charge on any atom is 0.204 e. The Labute approximate surface area is 109 Å². The molecular formula is C13H24N4O. The Hall–Kier alpha value is -1.07. The molecule has 0 aliphatic heterocycles. The Morgan fingerprint density at radius 2 is 2.28 bits per heavy atom. The molecule has 2 N–H and O–H groups in total. The van der Waals surface area contributed by atoms with Crippen LogP contribution in [-0.4, -0.2) is 41.4 Å². The van der Waals surface area contributed by atoms with Gasteiger partial charge >= 0.3 is 0 Å². The number of imidazole rings is 1. The van der Waals surface area contributed by atoms with Crippen molar-refractivity contribution in [3.63, 3.8) is 0 Å². The molecule has 0 saturated heterocycles. The lowest BCUT2D eigenvalue weighted by Gasteiger charge is -2.19. The van der Waals surface area contributed by atoms with E-state index in [1.807, 2.05) is 32.2 Å². The maximum absolute atomic E-state index is 9.30. The second-order valence-corrected chi connectivity index (χ2v) is 5.36. The van der Waals surface area contributed by atoms with Gasteiger partial charge in [-0.25, -0.2) is 4.98 Å². The topological polar surface area (TPSA) is 53.3 Å². The first-order chi connectivity index (χ1) is 8.63. The fourth-order valence-corrected chi connectivity index (χ4v) is 2.77. The maximum atomic E-state index is 9.30. The van der Waals surface area contributed by atoms with Gasteiger partial charge in [-0.05, 0) is 18.8 Å². The van der Waals surface area contributed by atoms with Gasteiger partial charge in [0.1, 0.15) is 0 Å². The first kappa shape index (κ1) is 13.4. The second kappa shape index (κ2) is 5.71. The minimum Gasteiger partial charge on any atom is -0.396 e. The fourth-order valence-electron chi connectivity index (χ4n) is 2.77. The average Bonchev–Trinajstić information content (AvgIpc) is 2.92. The van der Waals surface area contributed by atoms with Crippen LogP contribution >= 0.6 is 0 Å². The molecule has 5 nitrogen and oxygen atoms in total. The van der Waals surface area contributed by atoms with Gasteiger partial charge in [0.2, 0.25) is 5.95 Å². The Bertz CT molecular complexity index is 388. The van der Waals surface area contributed by atoms with Crippen molar-refractivity contribution in [2.24, 2.45) is 13.0 Å². The summed E-state index contributed by atoms with van der Waals surface area (Å²) in [6, 6.07) is 0.452. The molecule has 0 spiro atoms. The van der Waals surface area contributed by atoms with Gasteiger partial charge in [0.05, 0.1) is 11.9 Å². The molecule has 1 saturated carbocycles. The molecule has 1 fully saturated rings. The van der Waals surface area contributed by atoms with Crippen LogP contribution in [0.4, 0.5) is 5.95 Å². The fraction of sp³-hybridized carbons (Fsp3) is 0.769.